The summed E-state index contributed by atoms with van der Waals surface area (Å²) >= 11 is 0. The lowest BCUT2D eigenvalue weighted by Gasteiger charge is -2.15. The third kappa shape index (κ3) is 5.36. The molecule has 0 aliphatic rings. The van der Waals surface area contributed by atoms with E-state index in [4.69, 9.17) is 0 Å². The van der Waals surface area contributed by atoms with E-state index in [2.05, 4.69) is 48.5 Å². The highest BCUT2D eigenvalue weighted by molar-refractivity contribution is 5.98. The highest BCUT2D eigenvalue weighted by Crippen LogP contribution is 2.36. The van der Waals surface area contributed by atoms with Gasteiger partial charge >= 0.3 is 0 Å². The molecule has 178 valence electrons. The molecular weight excluding hydrogens is 460 g/mol. The lowest BCUT2D eigenvalue weighted by Crippen LogP contribution is -1.93. The summed E-state index contributed by atoms with van der Waals surface area (Å²) in [5, 5.41) is 20.1. The number of hydrogen-bond acceptors (Lipinski definition) is 2. The summed E-state index contributed by atoms with van der Waals surface area (Å²) in [7, 11) is 0. The Bertz CT molecular complexity index is 1550. The fourth-order valence-electron chi connectivity index (χ4n) is 4.51. The van der Waals surface area contributed by atoms with Crippen LogP contribution >= 0.6 is 0 Å². The van der Waals surface area contributed by atoms with Crippen molar-refractivity contribution < 1.29 is 0 Å². The minimum absolute atomic E-state index is 0.590. The Balaban J connectivity index is 1.80. The molecule has 0 saturated heterocycles. The summed E-state index contributed by atoms with van der Waals surface area (Å²) in [6.45, 7) is 0. The van der Waals surface area contributed by atoms with Crippen molar-refractivity contribution in [3.63, 3.8) is 0 Å². The Morgan fingerprint density at radius 3 is 1.08 bits per heavy atom. The van der Waals surface area contributed by atoms with Crippen molar-refractivity contribution in [2.75, 3.05) is 0 Å². The molecule has 0 saturated carbocycles. The molecule has 0 atom stereocenters. The quantitative estimate of drug-likeness (QED) is 0.178. The topological polar surface area (TPSA) is 47.6 Å². The molecule has 2 heteroatoms. The van der Waals surface area contributed by atoms with Gasteiger partial charge in [0.05, 0.1) is 23.3 Å². The first-order valence-corrected chi connectivity index (χ1v) is 12.4. The maximum absolute atomic E-state index is 10.1. The molecule has 5 aromatic carbocycles. The van der Waals surface area contributed by atoms with Crippen molar-refractivity contribution >= 4 is 23.3 Å². The minimum atomic E-state index is 0.590. The Morgan fingerprint density at radius 1 is 0.447 bits per heavy atom. The van der Waals surface area contributed by atoms with Gasteiger partial charge in [0.1, 0.15) is 0 Å². The minimum Gasteiger partial charge on any atom is -0.192 e. The number of allylic oxidation sites excluding steroid dienone is 2. The molecule has 0 fully saturated rings. The number of hydrogen-bond donors (Lipinski definition) is 0. The highest BCUT2D eigenvalue weighted by Gasteiger charge is 2.14. The third-order valence-corrected chi connectivity index (χ3v) is 6.40. The molecule has 0 amide bonds. The van der Waals surface area contributed by atoms with E-state index in [9.17, 15) is 10.5 Å². The van der Waals surface area contributed by atoms with Crippen LogP contribution in [-0.4, -0.2) is 0 Å². The normalized spacial score (nSPS) is 11.4. The molecule has 0 radical (unpaired) electrons. The average Bonchev–Trinajstić information content (AvgIpc) is 3.00. The van der Waals surface area contributed by atoms with E-state index in [0.717, 1.165) is 44.5 Å². The fraction of sp³-hybridized carbons (Fsp3) is 0. The zero-order chi connectivity index (χ0) is 26.2. The van der Waals surface area contributed by atoms with Crippen LogP contribution < -0.4 is 0 Å². The molecule has 0 aliphatic heterocycles. The molecule has 38 heavy (non-hydrogen) atoms. The van der Waals surface area contributed by atoms with E-state index in [0.29, 0.717) is 11.1 Å². The van der Waals surface area contributed by atoms with Gasteiger partial charge in [0, 0.05) is 0 Å². The van der Waals surface area contributed by atoms with Gasteiger partial charge in [0.15, 0.2) is 0 Å². The SMILES string of the molecule is N#C/C(=C\c1cc(-c2ccccc2)c(/C=C(\C#N)c2ccccc2)cc1-c1ccccc1)c1ccccc1. The molecule has 0 aromatic heterocycles. The second-order valence-corrected chi connectivity index (χ2v) is 8.83. The molecule has 5 rings (SSSR count). The molecule has 0 aliphatic carbocycles. The fourth-order valence-corrected chi connectivity index (χ4v) is 4.51. The number of nitriles is 2. The average molecular weight is 485 g/mol. The van der Waals surface area contributed by atoms with Crippen molar-refractivity contribution in [2.45, 2.75) is 0 Å². The summed E-state index contributed by atoms with van der Waals surface area (Å²) in [5.41, 5.74) is 8.85. The van der Waals surface area contributed by atoms with E-state index in [1.807, 2.05) is 109 Å². The van der Waals surface area contributed by atoms with Gasteiger partial charge in [-0.2, -0.15) is 10.5 Å². The van der Waals surface area contributed by atoms with Crippen LogP contribution in [0.2, 0.25) is 0 Å². The Morgan fingerprint density at radius 2 is 0.763 bits per heavy atom. The van der Waals surface area contributed by atoms with Gasteiger partial charge in [-0.1, -0.05) is 121 Å². The van der Waals surface area contributed by atoms with E-state index in [1.54, 1.807) is 0 Å². The van der Waals surface area contributed by atoms with Crippen LogP contribution in [0.1, 0.15) is 22.3 Å². The van der Waals surface area contributed by atoms with Crippen LogP contribution in [0.5, 0.6) is 0 Å². The van der Waals surface area contributed by atoms with E-state index in [1.165, 1.54) is 0 Å². The zero-order valence-electron chi connectivity index (χ0n) is 20.8. The summed E-state index contributed by atoms with van der Waals surface area (Å²) in [6, 6.07) is 48.8. The first kappa shape index (κ1) is 24.3. The van der Waals surface area contributed by atoms with Crippen LogP contribution in [-0.2, 0) is 0 Å². The number of benzene rings is 5. The van der Waals surface area contributed by atoms with Crippen molar-refractivity contribution in [3.8, 4) is 34.4 Å². The van der Waals surface area contributed by atoms with Gasteiger partial charge in [-0.15, -0.1) is 0 Å². The second-order valence-electron chi connectivity index (χ2n) is 8.83. The van der Waals surface area contributed by atoms with Crippen molar-refractivity contribution in [1.82, 2.24) is 0 Å². The summed E-state index contributed by atoms with van der Waals surface area (Å²) in [4.78, 5) is 0. The van der Waals surface area contributed by atoms with Gasteiger partial charge < -0.3 is 0 Å². The third-order valence-electron chi connectivity index (χ3n) is 6.40. The van der Waals surface area contributed by atoms with Crippen molar-refractivity contribution in [1.29, 1.82) is 10.5 Å². The van der Waals surface area contributed by atoms with Gasteiger partial charge in [0.2, 0.25) is 0 Å². The number of nitrogens with zero attached hydrogens (tertiary/aromatic N) is 2. The standard InChI is InChI=1S/C36H24N2/c37-25-33(27-13-5-1-6-14-27)21-31-23-36(30-19-11-4-12-20-30)32(24-35(31)29-17-9-3-10-18-29)22-34(26-38)28-15-7-2-8-16-28/h1-24H/b33-21+,34-22+. The molecule has 5 aromatic rings. The summed E-state index contributed by atoms with van der Waals surface area (Å²) in [6.07, 6.45) is 3.92. The van der Waals surface area contributed by atoms with Crippen LogP contribution in [0.15, 0.2) is 133 Å². The zero-order valence-corrected chi connectivity index (χ0v) is 20.8. The van der Waals surface area contributed by atoms with Gasteiger partial charge in [0.25, 0.3) is 0 Å². The smallest absolute Gasteiger partial charge is 0.0998 e. The lowest BCUT2D eigenvalue weighted by atomic mass is 9.88. The lowest BCUT2D eigenvalue weighted by molar-refractivity contribution is 1.51. The second kappa shape index (κ2) is 11.5. The molecule has 0 heterocycles. The summed E-state index contributed by atoms with van der Waals surface area (Å²) in [5.74, 6) is 0. The van der Waals surface area contributed by atoms with Gasteiger partial charge in [-0.3, -0.25) is 0 Å². The van der Waals surface area contributed by atoms with Crippen LogP contribution in [0.4, 0.5) is 0 Å². The maximum atomic E-state index is 10.1. The van der Waals surface area contributed by atoms with Crippen LogP contribution in [0.25, 0.3) is 45.6 Å². The number of rotatable bonds is 6. The molecular formula is C36H24N2. The van der Waals surface area contributed by atoms with Crippen molar-refractivity contribution in [2.24, 2.45) is 0 Å². The maximum Gasteiger partial charge on any atom is 0.0998 e. The van der Waals surface area contributed by atoms with Gasteiger partial charge in [-0.05, 0) is 68.8 Å². The Kier molecular flexibility index (Phi) is 7.36. The predicted molar refractivity (Wildman–Crippen MR) is 157 cm³/mol. The van der Waals surface area contributed by atoms with E-state index >= 15 is 0 Å². The first-order valence-electron chi connectivity index (χ1n) is 12.4. The molecule has 0 spiro atoms. The van der Waals surface area contributed by atoms with Crippen molar-refractivity contribution in [3.05, 3.63) is 156 Å². The summed E-state index contributed by atoms with van der Waals surface area (Å²) < 4.78 is 0. The Labute approximate surface area is 223 Å². The van der Waals surface area contributed by atoms with E-state index < -0.39 is 0 Å². The monoisotopic (exact) mass is 484 g/mol. The van der Waals surface area contributed by atoms with Crippen LogP contribution in [0, 0.1) is 22.7 Å². The van der Waals surface area contributed by atoms with E-state index in [-0.39, 0.29) is 0 Å². The first-order chi connectivity index (χ1) is 18.8. The molecule has 2 nitrogen and oxygen atoms in total. The highest BCUT2D eigenvalue weighted by atomic mass is 14.3. The Hall–Kier alpha value is -5.44. The predicted octanol–water partition coefficient (Wildman–Crippen LogP) is 9.15. The molecule has 0 bridgehead atoms. The van der Waals surface area contributed by atoms with Crippen LogP contribution in [0.3, 0.4) is 0 Å². The van der Waals surface area contributed by atoms with Gasteiger partial charge in [-0.25, -0.2) is 0 Å². The molecule has 0 unspecified atom stereocenters. The molecule has 0 N–H and O–H groups in total. The largest absolute Gasteiger partial charge is 0.192 e.